The van der Waals surface area contributed by atoms with Crippen LogP contribution in [0.4, 0.5) is 0 Å². The summed E-state index contributed by atoms with van der Waals surface area (Å²) in [6, 6.07) is 165. The first-order valence-corrected chi connectivity index (χ1v) is 45.6. The molecule has 0 unspecified atom stereocenters. The molecule has 15 nitrogen and oxygen atoms in total. The molecule has 0 radical (unpaired) electrons. The molecule has 0 aliphatic heterocycles. The summed E-state index contributed by atoms with van der Waals surface area (Å²) in [6.07, 6.45) is 0. The van der Waals surface area contributed by atoms with Crippen molar-refractivity contribution < 1.29 is 0 Å². The van der Waals surface area contributed by atoms with Gasteiger partial charge in [0, 0.05) is 100 Å². The Kier molecular flexibility index (Phi) is 24.0. The van der Waals surface area contributed by atoms with Gasteiger partial charge in [0.15, 0.2) is 69.9 Å². The van der Waals surface area contributed by atoms with E-state index in [0.717, 1.165) is 167 Å². The SMILES string of the molecule is c1ccc(-c2cc(-c3cc4ccccc4cc3-c3nc(-c4ccccc4)nc(-c4ccccc4)n3)nc(-c3ccccc3)n2)cc1.c1ccc(-c2cc(-c3ccc(-c4nc(-c5ccccc5)nc(-c5ccccc5)n4)c4ccccc34)nc(-c3ccccc3)n2)cc1.c1ccc(-c2cc(-c3cccc4c(-c5nc(-c6ccccc6)nc(-c6ccccc6)n5)cccc34)nc(-c3ccccc3)n2)cc1. The summed E-state index contributed by atoms with van der Waals surface area (Å²) in [5, 5.41) is 6.36. The Labute approximate surface area is 797 Å². The van der Waals surface area contributed by atoms with Crippen LogP contribution in [0.25, 0.3) is 237 Å². The third-order valence-corrected chi connectivity index (χ3v) is 23.9. The van der Waals surface area contributed by atoms with Gasteiger partial charge in [0.05, 0.1) is 34.2 Å². The third kappa shape index (κ3) is 18.5. The van der Waals surface area contributed by atoms with E-state index in [2.05, 4.69) is 164 Å². The first-order valence-electron chi connectivity index (χ1n) is 45.6. The molecule has 0 fully saturated rings. The molecule has 0 N–H and O–H groups in total. The van der Waals surface area contributed by atoms with Gasteiger partial charge in [-0.1, -0.05) is 455 Å². The molecule has 24 aromatic rings. The van der Waals surface area contributed by atoms with Crippen molar-refractivity contribution in [3.63, 3.8) is 0 Å². The highest BCUT2D eigenvalue weighted by Crippen LogP contribution is 2.43. The Hall–Kier alpha value is -19.0. The summed E-state index contributed by atoms with van der Waals surface area (Å²) in [4.78, 5) is 75.3. The van der Waals surface area contributed by atoms with Crippen molar-refractivity contribution in [2.24, 2.45) is 0 Å². The summed E-state index contributed by atoms with van der Waals surface area (Å²) >= 11 is 0. The Morgan fingerprint density at radius 3 is 0.551 bits per heavy atom. The second kappa shape index (κ2) is 39.2. The summed E-state index contributed by atoms with van der Waals surface area (Å²) in [5.74, 6) is 7.59. The Morgan fingerprint density at radius 1 is 0.0942 bits per heavy atom. The number of hydrogen-bond donors (Lipinski definition) is 0. The van der Waals surface area contributed by atoms with Crippen LogP contribution in [0.1, 0.15) is 0 Å². The summed E-state index contributed by atoms with van der Waals surface area (Å²) in [7, 11) is 0. The molecule has 6 heterocycles. The maximum absolute atomic E-state index is 5.17. The number of hydrogen-bond acceptors (Lipinski definition) is 15. The molecular weight excluding hydrogens is 1690 g/mol. The first-order chi connectivity index (χ1) is 68.4. The highest BCUT2D eigenvalue weighted by Gasteiger charge is 2.25. The molecule has 0 aliphatic rings. The molecule has 0 atom stereocenters. The fourth-order valence-electron chi connectivity index (χ4n) is 17.0. The summed E-state index contributed by atoms with van der Waals surface area (Å²) < 4.78 is 0. The molecule has 0 aliphatic carbocycles. The van der Waals surface area contributed by atoms with E-state index in [1.165, 1.54) is 0 Å². The normalized spacial score (nSPS) is 11.0. The molecule has 6 aromatic heterocycles. The van der Waals surface area contributed by atoms with E-state index in [1.807, 2.05) is 328 Å². The van der Waals surface area contributed by atoms with Gasteiger partial charge in [-0.2, -0.15) is 0 Å². The number of benzene rings is 18. The molecule has 0 bridgehead atoms. The molecule has 24 rings (SSSR count). The van der Waals surface area contributed by atoms with Crippen LogP contribution in [0.5, 0.6) is 0 Å². The van der Waals surface area contributed by atoms with Crippen molar-refractivity contribution in [3.8, 4) is 204 Å². The third-order valence-electron chi connectivity index (χ3n) is 23.9. The van der Waals surface area contributed by atoms with Gasteiger partial charge in [0.25, 0.3) is 0 Å². The largest absolute Gasteiger partial charge is 0.228 e. The maximum Gasteiger partial charge on any atom is 0.164 e. The topological polar surface area (TPSA) is 193 Å². The zero-order valence-corrected chi connectivity index (χ0v) is 74.5. The van der Waals surface area contributed by atoms with E-state index in [-0.39, 0.29) is 0 Å². The smallest absolute Gasteiger partial charge is 0.164 e. The van der Waals surface area contributed by atoms with Crippen LogP contribution in [-0.2, 0) is 0 Å². The molecule has 15 heteroatoms. The lowest BCUT2D eigenvalue weighted by molar-refractivity contribution is 1.07. The first kappa shape index (κ1) is 84.5. The van der Waals surface area contributed by atoms with E-state index >= 15 is 0 Å². The molecule has 0 saturated heterocycles. The van der Waals surface area contributed by atoms with Crippen molar-refractivity contribution in [2.45, 2.75) is 0 Å². The Morgan fingerprint density at radius 2 is 0.268 bits per heavy atom. The van der Waals surface area contributed by atoms with Crippen molar-refractivity contribution in [2.75, 3.05) is 0 Å². The lowest BCUT2D eigenvalue weighted by Gasteiger charge is -2.15. The second-order valence-electron chi connectivity index (χ2n) is 32.9. The second-order valence-corrected chi connectivity index (χ2v) is 32.9. The molecule has 0 saturated carbocycles. The minimum Gasteiger partial charge on any atom is -0.228 e. The number of rotatable bonds is 18. The quantitative estimate of drug-likeness (QED) is 0.0787. The molecular formula is C123H81N15. The van der Waals surface area contributed by atoms with Gasteiger partial charge in [-0.3, -0.25) is 0 Å². The zero-order chi connectivity index (χ0) is 92.1. The molecule has 18 aromatic carbocycles. The van der Waals surface area contributed by atoms with E-state index in [0.29, 0.717) is 69.9 Å². The van der Waals surface area contributed by atoms with Crippen molar-refractivity contribution in [1.82, 2.24) is 74.8 Å². The van der Waals surface area contributed by atoms with Gasteiger partial charge in [0.1, 0.15) is 0 Å². The number of aromatic nitrogens is 15. The van der Waals surface area contributed by atoms with E-state index in [4.69, 9.17) is 74.8 Å². The van der Waals surface area contributed by atoms with Crippen molar-refractivity contribution >= 4 is 32.3 Å². The van der Waals surface area contributed by atoms with Gasteiger partial charge >= 0.3 is 0 Å². The predicted molar refractivity (Wildman–Crippen MR) is 557 cm³/mol. The van der Waals surface area contributed by atoms with Crippen LogP contribution in [0.3, 0.4) is 0 Å². The lowest BCUT2D eigenvalue weighted by atomic mass is 9.96. The van der Waals surface area contributed by atoms with Crippen molar-refractivity contribution in [3.05, 3.63) is 491 Å². The van der Waals surface area contributed by atoms with Crippen LogP contribution in [-0.4, -0.2) is 74.8 Å². The van der Waals surface area contributed by atoms with E-state index < -0.39 is 0 Å². The van der Waals surface area contributed by atoms with Gasteiger partial charge in [-0.25, -0.2) is 74.8 Å². The molecule has 648 valence electrons. The minimum atomic E-state index is 0.578. The average Bonchev–Trinajstić information content (AvgIpc) is 0.764. The molecule has 138 heavy (non-hydrogen) atoms. The Bertz CT molecular complexity index is 7320. The maximum atomic E-state index is 5.17. The standard InChI is InChI=1S/3C41H27N5/c1-5-15-28(16-6-1)36-27-37(43-38(42-36)29-17-7-2-8-18-29)34-25-13-24-33-32(34)23-14-26-35(33)41-45-39(30-19-9-3-10-20-30)44-40(46-41)31-21-11-4-12-22-31;1-5-15-28(16-6-1)36-27-37(43-38(42-36)29-17-7-2-8-18-29)34-25-32-23-13-14-24-33(32)26-35(34)41-45-39(30-19-9-3-10-20-30)44-40(46-41)31-21-11-4-12-22-31;1-5-15-28(16-6-1)36-27-37(43-38(42-36)29-17-7-2-8-18-29)34-25-26-35(33-24-14-13-23-32(33)34)41-45-39(30-19-9-3-10-20-30)44-40(46-41)31-21-11-4-12-22-31/h3*1-27H. The zero-order valence-electron chi connectivity index (χ0n) is 74.5. The van der Waals surface area contributed by atoms with Crippen LogP contribution >= 0.6 is 0 Å². The average molecular weight is 1770 g/mol. The van der Waals surface area contributed by atoms with Crippen molar-refractivity contribution in [1.29, 1.82) is 0 Å². The van der Waals surface area contributed by atoms with Gasteiger partial charge in [0.2, 0.25) is 0 Å². The number of nitrogens with zero attached hydrogens (tertiary/aromatic N) is 15. The summed E-state index contributed by atoms with van der Waals surface area (Å²) in [5.41, 5.74) is 22.3. The monoisotopic (exact) mass is 1770 g/mol. The highest BCUT2D eigenvalue weighted by atomic mass is 15.1. The highest BCUT2D eigenvalue weighted by molar-refractivity contribution is 6.06. The molecule has 0 spiro atoms. The van der Waals surface area contributed by atoms with Gasteiger partial charge in [-0.05, 0) is 68.7 Å². The van der Waals surface area contributed by atoms with E-state index in [1.54, 1.807) is 0 Å². The fourth-order valence-corrected chi connectivity index (χ4v) is 17.0. The number of fused-ring (bicyclic) bond motifs is 3. The Balaban J connectivity index is 0.000000119. The predicted octanol–water partition coefficient (Wildman–Crippen LogP) is 29.5. The minimum absolute atomic E-state index is 0.578. The van der Waals surface area contributed by atoms with E-state index in [9.17, 15) is 0 Å². The molecule has 0 amide bonds. The van der Waals surface area contributed by atoms with Crippen LogP contribution in [0.2, 0.25) is 0 Å². The van der Waals surface area contributed by atoms with Crippen LogP contribution in [0, 0.1) is 0 Å². The van der Waals surface area contributed by atoms with Gasteiger partial charge in [-0.15, -0.1) is 0 Å². The lowest BCUT2D eigenvalue weighted by Crippen LogP contribution is -2.02. The fraction of sp³-hybridized carbons (Fsp3) is 0. The summed E-state index contributed by atoms with van der Waals surface area (Å²) in [6.45, 7) is 0. The van der Waals surface area contributed by atoms with Crippen LogP contribution in [0.15, 0.2) is 491 Å². The van der Waals surface area contributed by atoms with Gasteiger partial charge < -0.3 is 0 Å². The van der Waals surface area contributed by atoms with Crippen LogP contribution < -0.4 is 0 Å².